The lowest BCUT2D eigenvalue weighted by Gasteiger charge is -2.16. The van der Waals surface area contributed by atoms with Crippen LogP contribution in [0.1, 0.15) is 48.9 Å². The molecule has 0 saturated heterocycles. The van der Waals surface area contributed by atoms with Crippen LogP contribution in [0.15, 0.2) is 60.7 Å². The Hall–Kier alpha value is -3.75. The predicted molar refractivity (Wildman–Crippen MR) is 132 cm³/mol. The van der Waals surface area contributed by atoms with Gasteiger partial charge in [-0.25, -0.2) is 4.39 Å². The van der Waals surface area contributed by atoms with E-state index in [1.165, 1.54) is 18.2 Å². The number of aliphatic hydroxyl groups excluding tert-OH is 2. The summed E-state index contributed by atoms with van der Waals surface area (Å²) in [4.78, 5) is 23.6. The Morgan fingerprint density at radius 1 is 1.00 bits per heavy atom. The minimum Gasteiger partial charge on any atom is -0.481 e. The number of nitrogens with two attached hydrogens (primary N) is 1. The zero-order chi connectivity index (χ0) is 25.7. The van der Waals surface area contributed by atoms with E-state index in [-0.39, 0.29) is 18.2 Å². The number of aliphatic carboxylic acids is 1. The standard InChI is InChI=1S/C27H29FN2O5/c1-16(2)30-22(13-12-20(31)14-21(32)15-23(33)34)24(18-8-10-19(28)11-9-18)25(26(30)27(29)35)17-6-4-3-5-7-17/h3-13,16,20-21,31-32H,14-15H2,1-2H3,(H2,29,35)(H,33,34)/t20-,21-/m1/s1. The Kier molecular flexibility index (Phi) is 8.22. The number of carbonyl (C=O) groups is 2. The number of benzene rings is 2. The van der Waals surface area contributed by atoms with Crippen LogP contribution in [0.4, 0.5) is 4.39 Å². The smallest absolute Gasteiger partial charge is 0.305 e. The van der Waals surface area contributed by atoms with Gasteiger partial charge in [-0.3, -0.25) is 9.59 Å². The molecule has 0 unspecified atom stereocenters. The molecule has 2 aromatic carbocycles. The van der Waals surface area contributed by atoms with Gasteiger partial charge in [0.15, 0.2) is 0 Å². The largest absolute Gasteiger partial charge is 0.481 e. The average molecular weight is 481 g/mol. The lowest BCUT2D eigenvalue weighted by molar-refractivity contribution is -0.139. The summed E-state index contributed by atoms with van der Waals surface area (Å²) < 4.78 is 15.5. The van der Waals surface area contributed by atoms with E-state index in [0.29, 0.717) is 22.4 Å². The summed E-state index contributed by atoms with van der Waals surface area (Å²) in [6.07, 6.45) is 0.0325. The van der Waals surface area contributed by atoms with Crippen LogP contribution in [-0.2, 0) is 4.79 Å². The number of halogens is 1. The number of nitrogens with zero attached hydrogens (tertiary/aromatic N) is 1. The van der Waals surface area contributed by atoms with Gasteiger partial charge in [0, 0.05) is 29.3 Å². The van der Waals surface area contributed by atoms with Gasteiger partial charge in [-0.2, -0.15) is 0 Å². The van der Waals surface area contributed by atoms with Crippen molar-refractivity contribution >= 4 is 18.0 Å². The molecule has 0 saturated carbocycles. The highest BCUT2D eigenvalue weighted by molar-refractivity contribution is 6.05. The summed E-state index contributed by atoms with van der Waals surface area (Å²) in [5.74, 6) is -2.22. The molecule has 8 heteroatoms. The first-order valence-corrected chi connectivity index (χ1v) is 11.3. The molecule has 1 aromatic heterocycles. The maximum atomic E-state index is 13.7. The first-order chi connectivity index (χ1) is 16.6. The van der Waals surface area contributed by atoms with E-state index in [1.54, 1.807) is 22.8 Å². The van der Waals surface area contributed by atoms with E-state index in [9.17, 15) is 24.2 Å². The van der Waals surface area contributed by atoms with Gasteiger partial charge in [-0.1, -0.05) is 48.5 Å². The molecule has 0 bridgehead atoms. The van der Waals surface area contributed by atoms with Gasteiger partial charge >= 0.3 is 5.97 Å². The van der Waals surface area contributed by atoms with Crippen LogP contribution in [0.2, 0.25) is 0 Å². The van der Waals surface area contributed by atoms with Crippen molar-refractivity contribution in [2.75, 3.05) is 0 Å². The first-order valence-electron chi connectivity index (χ1n) is 11.3. The van der Waals surface area contributed by atoms with Crippen LogP contribution in [0.25, 0.3) is 28.3 Å². The second-order valence-corrected chi connectivity index (χ2v) is 8.60. The quantitative estimate of drug-likeness (QED) is 0.345. The third kappa shape index (κ3) is 6.03. The van der Waals surface area contributed by atoms with E-state index in [4.69, 9.17) is 10.8 Å². The number of aliphatic hydroxyl groups is 2. The molecule has 0 aliphatic heterocycles. The number of hydrogen-bond acceptors (Lipinski definition) is 4. The van der Waals surface area contributed by atoms with Crippen LogP contribution in [0.3, 0.4) is 0 Å². The third-order valence-electron chi connectivity index (χ3n) is 5.59. The zero-order valence-corrected chi connectivity index (χ0v) is 19.6. The lowest BCUT2D eigenvalue weighted by atomic mass is 9.94. The van der Waals surface area contributed by atoms with E-state index < -0.39 is 36.3 Å². The highest BCUT2D eigenvalue weighted by Gasteiger charge is 2.28. The predicted octanol–water partition coefficient (Wildman–Crippen LogP) is 4.24. The molecule has 0 radical (unpaired) electrons. The molecule has 184 valence electrons. The van der Waals surface area contributed by atoms with Crippen molar-refractivity contribution in [1.29, 1.82) is 0 Å². The zero-order valence-electron chi connectivity index (χ0n) is 19.6. The average Bonchev–Trinajstić information content (AvgIpc) is 3.14. The summed E-state index contributed by atoms with van der Waals surface area (Å²) in [6.45, 7) is 3.78. The molecule has 35 heavy (non-hydrogen) atoms. The van der Waals surface area contributed by atoms with Gasteiger partial charge in [-0.05, 0) is 43.2 Å². The van der Waals surface area contributed by atoms with Crippen LogP contribution in [0.5, 0.6) is 0 Å². The molecule has 0 aliphatic rings. The fourth-order valence-electron chi connectivity index (χ4n) is 4.19. The van der Waals surface area contributed by atoms with Crippen LogP contribution in [-0.4, -0.2) is 44.0 Å². The molecular formula is C27H29FN2O5. The lowest BCUT2D eigenvalue weighted by Crippen LogP contribution is -2.20. The molecule has 7 nitrogen and oxygen atoms in total. The monoisotopic (exact) mass is 480 g/mol. The molecule has 0 spiro atoms. The number of carboxylic acid groups (broad SMARTS) is 1. The number of rotatable bonds is 10. The number of aromatic nitrogens is 1. The first kappa shape index (κ1) is 25.9. The van der Waals surface area contributed by atoms with Crippen molar-refractivity contribution in [1.82, 2.24) is 4.57 Å². The van der Waals surface area contributed by atoms with E-state index in [0.717, 1.165) is 5.56 Å². The fraction of sp³-hybridized carbons (Fsp3) is 0.259. The topological polar surface area (TPSA) is 126 Å². The Bertz CT molecular complexity index is 1220. The molecule has 1 heterocycles. The highest BCUT2D eigenvalue weighted by atomic mass is 19.1. The highest BCUT2D eigenvalue weighted by Crippen LogP contribution is 2.42. The second kappa shape index (κ2) is 11.1. The third-order valence-corrected chi connectivity index (χ3v) is 5.59. The summed E-state index contributed by atoms with van der Waals surface area (Å²) in [5.41, 5.74) is 9.29. The Morgan fingerprint density at radius 2 is 1.60 bits per heavy atom. The van der Waals surface area contributed by atoms with E-state index in [2.05, 4.69) is 0 Å². The molecule has 2 atom stereocenters. The number of amides is 1. The van der Waals surface area contributed by atoms with Crippen LogP contribution in [0, 0.1) is 5.82 Å². The number of hydrogen-bond donors (Lipinski definition) is 4. The summed E-state index contributed by atoms with van der Waals surface area (Å²) in [6, 6.07) is 14.9. The Balaban J connectivity index is 2.26. The maximum absolute atomic E-state index is 13.7. The number of primary amides is 1. The van der Waals surface area contributed by atoms with Crippen molar-refractivity contribution in [2.45, 2.75) is 44.9 Å². The van der Waals surface area contributed by atoms with Gasteiger partial charge < -0.3 is 25.6 Å². The van der Waals surface area contributed by atoms with Crippen molar-refractivity contribution in [3.05, 3.63) is 77.9 Å². The summed E-state index contributed by atoms with van der Waals surface area (Å²) >= 11 is 0. The minimum absolute atomic E-state index is 0.175. The van der Waals surface area contributed by atoms with E-state index >= 15 is 0 Å². The van der Waals surface area contributed by atoms with Crippen molar-refractivity contribution in [3.63, 3.8) is 0 Å². The van der Waals surface area contributed by atoms with Gasteiger partial charge in [-0.15, -0.1) is 0 Å². The van der Waals surface area contributed by atoms with Crippen molar-refractivity contribution in [3.8, 4) is 22.3 Å². The van der Waals surface area contributed by atoms with E-state index in [1.807, 2.05) is 44.2 Å². The van der Waals surface area contributed by atoms with Crippen LogP contribution < -0.4 is 5.73 Å². The maximum Gasteiger partial charge on any atom is 0.305 e. The molecule has 0 fully saturated rings. The van der Waals surface area contributed by atoms with Gasteiger partial charge in [0.2, 0.25) is 0 Å². The number of carboxylic acids is 1. The summed E-state index contributed by atoms with van der Waals surface area (Å²) in [7, 11) is 0. The van der Waals surface area contributed by atoms with Crippen LogP contribution >= 0.6 is 0 Å². The Morgan fingerprint density at radius 3 is 2.14 bits per heavy atom. The normalized spacial score (nSPS) is 13.3. The Labute approximate surface area is 203 Å². The van der Waals surface area contributed by atoms with Gasteiger partial charge in [0.05, 0.1) is 18.6 Å². The second-order valence-electron chi connectivity index (χ2n) is 8.60. The molecule has 3 aromatic rings. The SMILES string of the molecule is CC(C)n1c(C=C[C@@H](O)C[C@@H](O)CC(=O)O)c(-c2ccc(F)cc2)c(-c2ccccc2)c1C(N)=O. The molecule has 3 rings (SSSR count). The van der Waals surface area contributed by atoms with Gasteiger partial charge in [0.25, 0.3) is 5.91 Å². The summed E-state index contributed by atoms with van der Waals surface area (Å²) in [5, 5.41) is 29.2. The number of carbonyl (C=O) groups excluding carboxylic acids is 1. The fourth-order valence-corrected chi connectivity index (χ4v) is 4.19. The van der Waals surface area contributed by atoms with Gasteiger partial charge in [0.1, 0.15) is 11.5 Å². The molecule has 1 amide bonds. The molecule has 0 aliphatic carbocycles. The molecule has 5 N–H and O–H groups in total. The van der Waals surface area contributed by atoms with Crippen molar-refractivity contribution in [2.24, 2.45) is 5.73 Å². The molecular weight excluding hydrogens is 451 g/mol. The van der Waals surface area contributed by atoms with Crippen molar-refractivity contribution < 1.29 is 29.3 Å². The minimum atomic E-state index is -1.22.